The Balaban J connectivity index is 0.00000288. The van der Waals surface area contributed by atoms with E-state index < -0.39 is 0 Å². The van der Waals surface area contributed by atoms with Crippen LogP contribution < -0.4 is 10.6 Å². The summed E-state index contributed by atoms with van der Waals surface area (Å²) in [5.74, 6) is 0.897. The number of nitrogens with zero attached hydrogens (tertiary/aromatic N) is 3. The smallest absolute Gasteiger partial charge is 0.191 e. The van der Waals surface area contributed by atoms with Crippen LogP contribution in [0, 0.1) is 6.92 Å². The van der Waals surface area contributed by atoms with Crippen molar-refractivity contribution in [2.24, 2.45) is 4.99 Å². The van der Waals surface area contributed by atoms with E-state index in [4.69, 9.17) is 4.74 Å². The van der Waals surface area contributed by atoms with Gasteiger partial charge in [0.25, 0.3) is 0 Å². The van der Waals surface area contributed by atoms with Gasteiger partial charge in [0.15, 0.2) is 5.96 Å². The summed E-state index contributed by atoms with van der Waals surface area (Å²) in [6.45, 7) is 7.04. The number of piperidine rings is 1. The molecular formula is C16H30IN5OS. The maximum atomic E-state index is 5.14. The number of hydrogen-bond donors (Lipinski definition) is 2. The molecular weight excluding hydrogens is 437 g/mol. The molecule has 0 unspecified atom stereocenters. The zero-order valence-electron chi connectivity index (χ0n) is 14.9. The van der Waals surface area contributed by atoms with Gasteiger partial charge in [-0.25, -0.2) is 4.98 Å². The largest absolute Gasteiger partial charge is 0.383 e. The standard InChI is InChI=1S/C16H29N5OS.HI/c1-13-12-19-15(23-13)4-7-18-16(17-2)20-14-5-8-21(9-6-14)10-11-22-3;/h12,14H,4-11H2,1-3H3,(H2,17,18,20);1H. The second-order valence-corrected chi connectivity index (χ2v) is 7.19. The van der Waals surface area contributed by atoms with Crippen molar-refractivity contribution in [1.82, 2.24) is 20.5 Å². The predicted molar refractivity (Wildman–Crippen MR) is 112 cm³/mol. The Hall–Kier alpha value is -0.450. The number of rotatable bonds is 7. The minimum Gasteiger partial charge on any atom is -0.383 e. The highest BCUT2D eigenvalue weighted by atomic mass is 127. The molecule has 138 valence electrons. The third-order valence-electron chi connectivity index (χ3n) is 4.06. The van der Waals surface area contributed by atoms with Gasteiger partial charge in [-0.3, -0.25) is 4.99 Å². The fourth-order valence-corrected chi connectivity index (χ4v) is 3.50. The molecule has 0 aliphatic carbocycles. The van der Waals surface area contributed by atoms with Crippen molar-refractivity contribution in [2.45, 2.75) is 32.2 Å². The molecule has 1 saturated heterocycles. The van der Waals surface area contributed by atoms with Gasteiger partial charge in [-0.1, -0.05) is 0 Å². The van der Waals surface area contributed by atoms with E-state index in [1.807, 2.05) is 13.2 Å². The topological polar surface area (TPSA) is 61.8 Å². The van der Waals surface area contributed by atoms with E-state index in [-0.39, 0.29) is 24.0 Å². The monoisotopic (exact) mass is 467 g/mol. The van der Waals surface area contributed by atoms with E-state index in [9.17, 15) is 0 Å². The van der Waals surface area contributed by atoms with Crippen LogP contribution in [0.1, 0.15) is 22.7 Å². The zero-order valence-corrected chi connectivity index (χ0v) is 18.0. The molecule has 2 N–H and O–H groups in total. The summed E-state index contributed by atoms with van der Waals surface area (Å²) in [4.78, 5) is 12.4. The van der Waals surface area contributed by atoms with E-state index in [0.717, 1.165) is 58.0 Å². The number of guanidine groups is 1. The zero-order chi connectivity index (χ0) is 16.5. The lowest BCUT2D eigenvalue weighted by Crippen LogP contribution is -2.49. The van der Waals surface area contributed by atoms with Gasteiger partial charge in [-0.05, 0) is 19.8 Å². The minimum absolute atomic E-state index is 0. The molecule has 0 spiro atoms. The lowest BCUT2D eigenvalue weighted by Gasteiger charge is -2.32. The van der Waals surface area contributed by atoms with Crippen LogP contribution in [0.25, 0.3) is 0 Å². The second kappa shape index (κ2) is 12.0. The van der Waals surface area contributed by atoms with E-state index in [2.05, 4.69) is 32.4 Å². The predicted octanol–water partition coefficient (Wildman–Crippen LogP) is 1.89. The molecule has 1 aromatic rings. The summed E-state index contributed by atoms with van der Waals surface area (Å²) < 4.78 is 5.14. The van der Waals surface area contributed by atoms with Crippen molar-refractivity contribution < 1.29 is 4.74 Å². The molecule has 0 amide bonds. The van der Waals surface area contributed by atoms with Gasteiger partial charge in [0.1, 0.15) is 0 Å². The van der Waals surface area contributed by atoms with Gasteiger partial charge in [-0.15, -0.1) is 35.3 Å². The maximum Gasteiger partial charge on any atom is 0.191 e. The molecule has 0 bridgehead atoms. The molecule has 1 aliphatic heterocycles. The number of aromatic nitrogens is 1. The summed E-state index contributed by atoms with van der Waals surface area (Å²) in [7, 11) is 3.59. The minimum atomic E-state index is 0. The van der Waals surface area contributed by atoms with Gasteiger partial charge in [0.05, 0.1) is 11.6 Å². The van der Waals surface area contributed by atoms with Crippen molar-refractivity contribution in [3.63, 3.8) is 0 Å². The number of methoxy groups -OCH3 is 1. The lowest BCUT2D eigenvalue weighted by molar-refractivity contribution is 0.128. The molecule has 0 radical (unpaired) electrons. The number of hydrogen-bond acceptors (Lipinski definition) is 5. The maximum absolute atomic E-state index is 5.14. The molecule has 2 rings (SSSR count). The molecule has 0 atom stereocenters. The van der Waals surface area contributed by atoms with Gasteiger partial charge in [0, 0.05) is 63.9 Å². The van der Waals surface area contributed by atoms with E-state index >= 15 is 0 Å². The Labute approximate surface area is 166 Å². The number of halogens is 1. The Kier molecular flexibility index (Phi) is 10.8. The molecule has 8 heteroatoms. The lowest BCUT2D eigenvalue weighted by atomic mass is 10.1. The number of likely N-dealkylation sites (tertiary alicyclic amines) is 1. The van der Waals surface area contributed by atoms with Gasteiger partial charge in [0.2, 0.25) is 0 Å². The molecule has 0 aromatic carbocycles. The average molecular weight is 467 g/mol. The van der Waals surface area contributed by atoms with Crippen LogP contribution in [-0.4, -0.2) is 68.8 Å². The third kappa shape index (κ3) is 7.62. The van der Waals surface area contributed by atoms with Crippen LogP contribution in [0.2, 0.25) is 0 Å². The second-order valence-electron chi connectivity index (χ2n) is 5.87. The highest BCUT2D eigenvalue weighted by Gasteiger charge is 2.19. The molecule has 1 aliphatic rings. The van der Waals surface area contributed by atoms with Crippen LogP contribution >= 0.6 is 35.3 Å². The Morgan fingerprint density at radius 3 is 2.79 bits per heavy atom. The normalized spacial score (nSPS) is 16.7. The fourth-order valence-electron chi connectivity index (χ4n) is 2.71. The van der Waals surface area contributed by atoms with Crippen molar-refractivity contribution in [3.8, 4) is 0 Å². The number of ether oxygens (including phenoxy) is 1. The molecule has 2 heterocycles. The van der Waals surface area contributed by atoms with Crippen molar-refractivity contribution in [3.05, 3.63) is 16.1 Å². The first-order chi connectivity index (χ1) is 11.2. The van der Waals surface area contributed by atoms with Crippen molar-refractivity contribution in [2.75, 3.05) is 46.9 Å². The Bertz CT molecular complexity index is 489. The summed E-state index contributed by atoms with van der Waals surface area (Å²) in [6.07, 6.45) is 5.17. The van der Waals surface area contributed by atoms with Gasteiger partial charge >= 0.3 is 0 Å². The van der Waals surface area contributed by atoms with E-state index in [1.54, 1.807) is 18.4 Å². The SMILES string of the molecule is CN=C(NCCc1ncc(C)s1)NC1CCN(CCOC)CC1.I. The van der Waals surface area contributed by atoms with Crippen LogP contribution in [0.3, 0.4) is 0 Å². The van der Waals surface area contributed by atoms with Crippen molar-refractivity contribution >= 4 is 41.3 Å². The average Bonchev–Trinajstić information content (AvgIpc) is 2.98. The third-order valence-corrected chi connectivity index (χ3v) is 5.04. The summed E-state index contributed by atoms with van der Waals surface area (Å²) in [6, 6.07) is 0.502. The first-order valence-electron chi connectivity index (χ1n) is 8.31. The Morgan fingerprint density at radius 1 is 1.46 bits per heavy atom. The summed E-state index contributed by atoms with van der Waals surface area (Å²) in [5, 5.41) is 8.11. The molecule has 1 aromatic heterocycles. The van der Waals surface area contributed by atoms with Gasteiger partial charge in [-0.2, -0.15) is 0 Å². The number of aryl methyl sites for hydroxylation is 1. The first-order valence-corrected chi connectivity index (χ1v) is 9.12. The van der Waals surface area contributed by atoms with Gasteiger partial charge < -0.3 is 20.3 Å². The van der Waals surface area contributed by atoms with E-state index in [0.29, 0.717) is 6.04 Å². The Morgan fingerprint density at radius 2 is 2.21 bits per heavy atom. The highest BCUT2D eigenvalue weighted by molar-refractivity contribution is 14.0. The van der Waals surface area contributed by atoms with Crippen LogP contribution in [0.5, 0.6) is 0 Å². The van der Waals surface area contributed by atoms with Crippen LogP contribution in [0.15, 0.2) is 11.2 Å². The van der Waals surface area contributed by atoms with E-state index in [1.165, 1.54) is 9.88 Å². The van der Waals surface area contributed by atoms with Crippen LogP contribution in [-0.2, 0) is 11.2 Å². The molecule has 0 saturated carbocycles. The van der Waals surface area contributed by atoms with Crippen molar-refractivity contribution in [1.29, 1.82) is 0 Å². The number of thiazole rings is 1. The number of nitrogens with one attached hydrogen (secondary N) is 2. The fraction of sp³-hybridized carbons (Fsp3) is 0.750. The summed E-state index contributed by atoms with van der Waals surface area (Å²) >= 11 is 1.76. The first kappa shape index (κ1) is 21.6. The summed E-state index contributed by atoms with van der Waals surface area (Å²) in [5.41, 5.74) is 0. The highest BCUT2D eigenvalue weighted by Crippen LogP contribution is 2.11. The molecule has 1 fully saturated rings. The number of aliphatic imine (C=N–C) groups is 1. The molecule has 24 heavy (non-hydrogen) atoms. The van der Waals surface area contributed by atoms with Crippen LogP contribution in [0.4, 0.5) is 0 Å². The molecule has 6 nitrogen and oxygen atoms in total. The quantitative estimate of drug-likeness (QED) is 0.365.